The Hall–Kier alpha value is -2.24. The lowest BCUT2D eigenvalue weighted by atomic mass is 10.2. The summed E-state index contributed by atoms with van der Waals surface area (Å²) >= 11 is 0. The van der Waals surface area contributed by atoms with Gasteiger partial charge in [-0.05, 0) is 0 Å². The van der Waals surface area contributed by atoms with Gasteiger partial charge in [0.15, 0.2) is 5.65 Å². The second-order valence-corrected chi connectivity index (χ2v) is 2.88. The van der Waals surface area contributed by atoms with E-state index in [-0.39, 0.29) is 5.56 Å². The minimum Gasteiger partial charge on any atom is -0.307 e. The molecule has 3 rings (SSSR count). The van der Waals surface area contributed by atoms with Crippen LogP contribution in [0.25, 0.3) is 22.3 Å². The zero-order valence-corrected chi connectivity index (χ0v) is 6.98. The Bertz CT molecular complexity index is 625. The highest BCUT2D eigenvalue weighted by atomic mass is 16.1. The van der Waals surface area contributed by atoms with Crippen LogP contribution in [0.4, 0.5) is 0 Å². The van der Waals surface area contributed by atoms with E-state index < -0.39 is 0 Å². The normalized spacial score (nSPS) is 11.1. The van der Waals surface area contributed by atoms with Crippen LogP contribution in [-0.4, -0.2) is 25.1 Å². The molecule has 0 saturated heterocycles. The van der Waals surface area contributed by atoms with E-state index in [4.69, 9.17) is 0 Å². The first-order valence-electron chi connectivity index (χ1n) is 4.02. The zero-order chi connectivity index (χ0) is 9.54. The van der Waals surface area contributed by atoms with Gasteiger partial charge in [0.25, 0.3) is 5.56 Å². The highest BCUT2D eigenvalue weighted by molar-refractivity contribution is 5.89. The van der Waals surface area contributed by atoms with Gasteiger partial charge in [-0.3, -0.25) is 9.89 Å². The van der Waals surface area contributed by atoms with Crippen molar-refractivity contribution in [3.05, 3.63) is 29.1 Å². The quantitative estimate of drug-likeness (QED) is 0.524. The summed E-state index contributed by atoms with van der Waals surface area (Å²) in [6.07, 6.45) is 4.58. The Labute approximate surface area is 77.4 Å². The first-order valence-corrected chi connectivity index (χ1v) is 4.02. The lowest BCUT2D eigenvalue weighted by molar-refractivity contribution is 1.10. The van der Waals surface area contributed by atoms with Crippen LogP contribution in [0.5, 0.6) is 0 Å². The van der Waals surface area contributed by atoms with Gasteiger partial charge in [0.1, 0.15) is 6.33 Å². The van der Waals surface area contributed by atoms with Crippen molar-refractivity contribution in [3.63, 3.8) is 0 Å². The first-order chi connectivity index (χ1) is 6.86. The van der Waals surface area contributed by atoms with Crippen molar-refractivity contribution in [1.29, 1.82) is 0 Å². The number of nitrogens with one attached hydrogen (secondary N) is 2. The summed E-state index contributed by atoms with van der Waals surface area (Å²) in [5, 5.41) is 6.35. The van der Waals surface area contributed by atoms with Crippen LogP contribution in [0.2, 0.25) is 0 Å². The molecular formula is C8H5N5O. The van der Waals surface area contributed by atoms with Gasteiger partial charge in [-0.15, -0.1) is 0 Å². The zero-order valence-electron chi connectivity index (χ0n) is 6.98. The highest BCUT2D eigenvalue weighted by Crippen LogP contribution is 2.20. The van der Waals surface area contributed by atoms with Gasteiger partial charge in [0.2, 0.25) is 0 Å². The molecule has 2 aliphatic rings. The van der Waals surface area contributed by atoms with E-state index in [0.29, 0.717) is 16.9 Å². The van der Waals surface area contributed by atoms with Crippen molar-refractivity contribution in [3.8, 4) is 11.3 Å². The van der Waals surface area contributed by atoms with Crippen molar-refractivity contribution in [2.24, 2.45) is 0 Å². The predicted octanol–water partition coefficient (Wildman–Crippen LogP) is 0.146. The molecule has 3 heterocycles. The summed E-state index contributed by atoms with van der Waals surface area (Å²) in [5.74, 6) is 0. The maximum absolute atomic E-state index is 11.4. The van der Waals surface area contributed by atoms with Crippen molar-refractivity contribution in [2.45, 2.75) is 0 Å². The summed E-state index contributed by atoms with van der Waals surface area (Å²) < 4.78 is 0. The Morgan fingerprint density at radius 2 is 2.29 bits per heavy atom. The van der Waals surface area contributed by atoms with Gasteiger partial charge >= 0.3 is 0 Å². The van der Waals surface area contributed by atoms with Crippen molar-refractivity contribution < 1.29 is 0 Å². The standard InChI is InChI=1S/C8H5N5O/c14-8-5-2-11-13-6(5)4-1-9-3-10-7(4)12-8/h1-3,11,13H. The summed E-state index contributed by atoms with van der Waals surface area (Å²) in [5.41, 5.74) is 1.34. The number of pyridine rings is 1. The number of aromatic amines is 2. The molecular weight excluding hydrogens is 182 g/mol. The first kappa shape index (κ1) is 7.19. The van der Waals surface area contributed by atoms with E-state index in [1.807, 2.05) is 0 Å². The lowest BCUT2D eigenvalue weighted by Gasteiger charge is -1.98. The highest BCUT2D eigenvalue weighted by Gasteiger charge is 2.13. The van der Waals surface area contributed by atoms with Gasteiger partial charge in [0.05, 0.1) is 16.6 Å². The monoisotopic (exact) mass is 187 g/mol. The molecule has 1 aromatic rings. The maximum Gasteiger partial charge on any atom is 0.282 e. The number of nitrogens with zero attached hydrogens (tertiary/aromatic N) is 3. The fraction of sp³-hybridized carbons (Fsp3) is 0. The van der Waals surface area contributed by atoms with Gasteiger partial charge < -0.3 is 5.10 Å². The Morgan fingerprint density at radius 1 is 1.36 bits per heavy atom. The number of hydrogen-bond acceptors (Lipinski definition) is 4. The molecule has 0 aliphatic carbocycles. The minimum absolute atomic E-state index is 0.288. The van der Waals surface area contributed by atoms with Crippen LogP contribution in [-0.2, 0) is 0 Å². The minimum atomic E-state index is -0.288. The van der Waals surface area contributed by atoms with Crippen LogP contribution < -0.4 is 5.56 Å². The van der Waals surface area contributed by atoms with Gasteiger partial charge in [-0.2, -0.15) is 4.98 Å². The van der Waals surface area contributed by atoms with Crippen LogP contribution in [0, 0.1) is 0 Å². The molecule has 2 N–H and O–H groups in total. The third-order valence-corrected chi connectivity index (χ3v) is 2.08. The molecule has 0 amide bonds. The van der Waals surface area contributed by atoms with Crippen LogP contribution in [0.1, 0.15) is 0 Å². The maximum atomic E-state index is 11.4. The third kappa shape index (κ3) is 0.792. The fourth-order valence-electron chi connectivity index (χ4n) is 1.45. The fourth-order valence-corrected chi connectivity index (χ4v) is 1.45. The molecule has 0 bridgehead atoms. The molecule has 0 radical (unpaired) electrons. The molecule has 0 aromatic carbocycles. The molecule has 6 heteroatoms. The van der Waals surface area contributed by atoms with E-state index in [2.05, 4.69) is 25.1 Å². The third-order valence-electron chi connectivity index (χ3n) is 2.08. The second kappa shape index (κ2) is 2.38. The van der Waals surface area contributed by atoms with Gasteiger partial charge in [-0.25, -0.2) is 9.97 Å². The Balaban J connectivity index is 2.65. The summed E-state index contributed by atoms with van der Waals surface area (Å²) in [6.45, 7) is 0. The second-order valence-electron chi connectivity index (χ2n) is 2.88. The number of hydrogen-bond donors (Lipinski definition) is 2. The number of aromatic nitrogens is 5. The average molecular weight is 187 g/mol. The predicted molar refractivity (Wildman–Crippen MR) is 48.9 cm³/mol. The molecule has 2 aliphatic heterocycles. The lowest BCUT2D eigenvalue weighted by Crippen LogP contribution is -2.09. The largest absolute Gasteiger partial charge is 0.307 e. The summed E-state index contributed by atoms with van der Waals surface area (Å²) in [6, 6.07) is 0. The molecule has 14 heavy (non-hydrogen) atoms. The Morgan fingerprint density at radius 3 is 3.21 bits per heavy atom. The molecule has 0 unspecified atom stereocenters. The number of rotatable bonds is 0. The van der Waals surface area contributed by atoms with Crippen molar-refractivity contribution in [1.82, 2.24) is 25.1 Å². The molecule has 0 fully saturated rings. The molecule has 1 aromatic heterocycles. The van der Waals surface area contributed by atoms with Gasteiger partial charge in [0, 0.05) is 12.4 Å². The molecule has 0 spiro atoms. The average Bonchev–Trinajstić information content (AvgIpc) is 2.67. The smallest absolute Gasteiger partial charge is 0.282 e. The molecule has 0 saturated carbocycles. The van der Waals surface area contributed by atoms with E-state index in [1.165, 1.54) is 6.33 Å². The van der Waals surface area contributed by atoms with E-state index in [1.54, 1.807) is 12.4 Å². The summed E-state index contributed by atoms with van der Waals surface area (Å²) in [7, 11) is 0. The molecule has 68 valence electrons. The number of fused-ring (bicyclic) bond motifs is 3. The van der Waals surface area contributed by atoms with Crippen LogP contribution >= 0.6 is 0 Å². The SMILES string of the molecule is O=c1nc2ncncc2c2[nH][nH]cc1-2. The number of H-pyrrole nitrogens is 2. The van der Waals surface area contributed by atoms with Crippen LogP contribution in [0.3, 0.4) is 0 Å². The van der Waals surface area contributed by atoms with E-state index in [0.717, 1.165) is 5.39 Å². The molecule has 0 atom stereocenters. The summed E-state index contributed by atoms with van der Waals surface area (Å²) in [4.78, 5) is 23.1. The topological polar surface area (TPSA) is 87.3 Å². The van der Waals surface area contributed by atoms with E-state index in [9.17, 15) is 4.79 Å². The van der Waals surface area contributed by atoms with E-state index >= 15 is 0 Å². The van der Waals surface area contributed by atoms with Crippen molar-refractivity contribution in [2.75, 3.05) is 0 Å². The van der Waals surface area contributed by atoms with Crippen molar-refractivity contribution >= 4 is 11.0 Å². The molecule has 6 nitrogen and oxygen atoms in total. The Kier molecular flexibility index (Phi) is 1.22. The van der Waals surface area contributed by atoms with Gasteiger partial charge in [-0.1, -0.05) is 0 Å². The van der Waals surface area contributed by atoms with Crippen LogP contribution in [0.15, 0.2) is 23.5 Å².